The maximum atomic E-state index is 12.3. The molecule has 5 nitrogen and oxygen atoms in total. The standard InChI is InChI=1S/C37H65NO4/c1-3-4-5-6-7-8-9-16-19-22-25-28-31-36(41)35(33-39)38-37(42)32-29-26-23-20-17-14-12-10-11-13-15-18-21-24-27-30-34(2)40/h11-14,18,20-21,23,28,31,34-36,39-41H,3-10,15-17,19,22,24-27,29-30,32-33H2,1-2H3,(H,38,42)/b13-11-,14-12-,21-18-,23-20-,31-28+/t34-,35-,36+/m0/s1. The minimum atomic E-state index is -0.869. The van der Waals surface area contributed by atoms with Crippen molar-refractivity contribution in [3.8, 4) is 0 Å². The fraction of sp³-hybridized carbons (Fsp3) is 0.703. The smallest absolute Gasteiger partial charge is 0.220 e. The van der Waals surface area contributed by atoms with E-state index in [0.29, 0.717) is 6.42 Å². The average molecular weight is 588 g/mol. The van der Waals surface area contributed by atoms with Crippen LogP contribution < -0.4 is 5.32 Å². The summed E-state index contributed by atoms with van der Waals surface area (Å²) in [6, 6.07) is -0.659. The first-order valence-electron chi connectivity index (χ1n) is 17.0. The van der Waals surface area contributed by atoms with E-state index < -0.39 is 12.1 Å². The first kappa shape index (κ1) is 40.1. The molecule has 0 saturated heterocycles. The van der Waals surface area contributed by atoms with Gasteiger partial charge >= 0.3 is 0 Å². The molecule has 0 unspecified atom stereocenters. The van der Waals surface area contributed by atoms with Gasteiger partial charge in [0.25, 0.3) is 0 Å². The Morgan fingerprint density at radius 2 is 1.12 bits per heavy atom. The van der Waals surface area contributed by atoms with Crippen molar-refractivity contribution in [2.75, 3.05) is 6.61 Å². The summed E-state index contributed by atoms with van der Waals surface area (Å²) in [7, 11) is 0. The number of aliphatic hydroxyl groups is 3. The topological polar surface area (TPSA) is 89.8 Å². The lowest BCUT2D eigenvalue weighted by molar-refractivity contribution is -0.122. The Bertz CT molecular complexity index is 738. The van der Waals surface area contributed by atoms with Crippen LogP contribution in [0.15, 0.2) is 60.8 Å². The van der Waals surface area contributed by atoms with E-state index in [1.807, 2.05) is 13.0 Å². The number of rotatable bonds is 29. The molecule has 42 heavy (non-hydrogen) atoms. The number of unbranched alkanes of at least 4 members (excludes halogenated alkanes) is 12. The van der Waals surface area contributed by atoms with Crippen LogP contribution in [0.1, 0.15) is 142 Å². The van der Waals surface area contributed by atoms with E-state index in [9.17, 15) is 20.1 Å². The quantitative estimate of drug-likeness (QED) is 0.0520. The predicted molar refractivity (Wildman–Crippen MR) is 180 cm³/mol. The van der Waals surface area contributed by atoms with Gasteiger partial charge < -0.3 is 20.6 Å². The molecule has 0 bridgehead atoms. The number of aliphatic hydroxyl groups excluding tert-OH is 3. The summed E-state index contributed by atoms with van der Waals surface area (Å²) in [5, 5.41) is 32.0. The van der Waals surface area contributed by atoms with Gasteiger partial charge in [-0.1, -0.05) is 125 Å². The van der Waals surface area contributed by atoms with Crippen LogP contribution in [0.25, 0.3) is 0 Å². The van der Waals surface area contributed by atoms with Crippen LogP contribution in [-0.2, 0) is 4.79 Å². The van der Waals surface area contributed by atoms with E-state index in [-0.39, 0.29) is 18.6 Å². The van der Waals surface area contributed by atoms with Crippen LogP contribution in [0, 0.1) is 0 Å². The third-order valence-corrected chi connectivity index (χ3v) is 7.26. The molecule has 0 fully saturated rings. The number of nitrogens with one attached hydrogen (secondary N) is 1. The van der Waals surface area contributed by atoms with Gasteiger partial charge in [0.2, 0.25) is 5.91 Å². The molecule has 0 aromatic carbocycles. The molecule has 5 heteroatoms. The van der Waals surface area contributed by atoms with Crippen molar-refractivity contribution in [1.29, 1.82) is 0 Å². The Morgan fingerprint density at radius 3 is 1.64 bits per heavy atom. The van der Waals surface area contributed by atoms with Crippen molar-refractivity contribution in [3.05, 3.63) is 60.8 Å². The number of hydrogen-bond donors (Lipinski definition) is 4. The molecule has 1 amide bonds. The summed E-state index contributed by atoms with van der Waals surface area (Å²) in [6.45, 7) is 3.80. The van der Waals surface area contributed by atoms with Gasteiger partial charge in [0.1, 0.15) is 0 Å². The Kier molecular flexibility index (Phi) is 30.5. The molecule has 4 N–H and O–H groups in total. The highest BCUT2D eigenvalue weighted by molar-refractivity contribution is 5.76. The van der Waals surface area contributed by atoms with Crippen molar-refractivity contribution < 1.29 is 20.1 Å². The monoisotopic (exact) mass is 587 g/mol. The second-order valence-electron chi connectivity index (χ2n) is 11.5. The normalized spacial score (nSPS) is 14.7. The van der Waals surface area contributed by atoms with Crippen molar-refractivity contribution in [2.24, 2.45) is 0 Å². The molecule has 0 aromatic heterocycles. The van der Waals surface area contributed by atoms with Gasteiger partial charge in [-0.15, -0.1) is 0 Å². The molecule has 0 saturated carbocycles. The number of hydrogen-bond acceptors (Lipinski definition) is 4. The van der Waals surface area contributed by atoms with E-state index in [1.54, 1.807) is 6.08 Å². The van der Waals surface area contributed by atoms with Gasteiger partial charge in [-0.3, -0.25) is 4.79 Å². The van der Waals surface area contributed by atoms with Crippen molar-refractivity contribution in [1.82, 2.24) is 5.32 Å². The summed E-state index contributed by atoms with van der Waals surface area (Å²) in [4.78, 5) is 12.3. The second-order valence-corrected chi connectivity index (χ2v) is 11.5. The predicted octanol–water partition coefficient (Wildman–Crippen LogP) is 8.81. The summed E-state index contributed by atoms with van der Waals surface area (Å²) in [6.07, 6.45) is 41.4. The van der Waals surface area contributed by atoms with E-state index in [4.69, 9.17) is 0 Å². The van der Waals surface area contributed by atoms with Gasteiger partial charge in [0, 0.05) is 6.42 Å². The fourth-order valence-corrected chi connectivity index (χ4v) is 4.60. The number of amides is 1. The summed E-state index contributed by atoms with van der Waals surface area (Å²) in [5.41, 5.74) is 0. The maximum Gasteiger partial charge on any atom is 0.220 e. The van der Waals surface area contributed by atoms with Crippen LogP contribution in [0.2, 0.25) is 0 Å². The average Bonchev–Trinajstić information content (AvgIpc) is 2.97. The molecule has 0 aliphatic heterocycles. The summed E-state index contributed by atoms with van der Waals surface area (Å²) >= 11 is 0. The molecule has 0 aliphatic carbocycles. The van der Waals surface area contributed by atoms with E-state index in [1.165, 1.54) is 57.8 Å². The van der Waals surface area contributed by atoms with Gasteiger partial charge in [-0.25, -0.2) is 0 Å². The lowest BCUT2D eigenvalue weighted by atomic mass is 10.1. The van der Waals surface area contributed by atoms with E-state index in [0.717, 1.165) is 64.2 Å². The third kappa shape index (κ3) is 29.5. The van der Waals surface area contributed by atoms with E-state index in [2.05, 4.69) is 60.8 Å². The molecule has 0 heterocycles. The fourth-order valence-electron chi connectivity index (χ4n) is 4.60. The largest absolute Gasteiger partial charge is 0.394 e. The molecule has 0 aromatic rings. The first-order valence-corrected chi connectivity index (χ1v) is 17.0. The minimum Gasteiger partial charge on any atom is -0.394 e. The third-order valence-electron chi connectivity index (χ3n) is 7.26. The lowest BCUT2D eigenvalue weighted by Gasteiger charge is -2.19. The number of allylic oxidation sites excluding steroid dienone is 9. The molecular formula is C37H65NO4. The van der Waals surface area contributed by atoms with Gasteiger partial charge in [-0.2, -0.15) is 0 Å². The summed E-state index contributed by atoms with van der Waals surface area (Å²) < 4.78 is 0. The van der Waals surface area contributed by atoms with Crippen LogP contribution >= 0.6 is 0 Å². The van der Waals surface area contributed by atoms with Crippen molar-refractivity contribution in [2.45, 2.75) is 161 Å². The minimum absolute atomic E-state index is 0.133. The second kappa shape index (κ2) is 32.0. The van der Waals surface area contributed by atoms with Crippen LogP contribution in [0.5, 0.6) is 0 Å². The highest BCUT2D eigenvalue weighted by Crippen LogP contribution is 2.12. The molecule has 0 rings (SSSR count). The van der Waals surface area contributed by atoms with Crippen LogP contribution in [0.4, 0.5) is 0 Å². The van der Waals surface area contributed by atoms with Gasteiger partial charge in [-0.05, 0) is 71.1 Å². The Hall–Kier alpha value is -1.95. The highest BCUT2D eigenvalue weighted by atomic mass is 16.3. The zero-order valence-corrected chi connectivity index (χ0v) is 27.1. The molecule has 3 atom stereocenters. The zero-order valence-electron chi connectivity index (χ0n) is 27.1. The van der Waals surface area contributed by atoms with Crippen molar-refractivity contribution in [3.63, 3.8) is 0 Å². The van der Waals surface area contributed by atoms with Crippen molar-refractivity contribution >= 4 is 5.91 Å². The Labute approximate surface area is 259 Å². The summed E-state index contributed by atoms with van der Waals surface area (Å²) in [5.74, 6) is -0.133. The Balaban J connectivity index is 3.81. The van der Waals surface area contributed by atoms with Crippen LogP contribution in [-0.4, -0.2) is 46.1 Å². The lowest BCUT2D eigenvalue weighted by Crippen LogP contribution is -2.45. The van der Waals surface area contributed by atoms with Gasteiger partial charge in [0.15, 0.2) is 0 Å². The molecule has 0 spiro atoms. The van der Waals surface area contributed by atoms with E-state index >= 15 is 0 Å². The number of carbonyl (C=O) groups excluding carboxylic acids is 1. The molecule has 0 radical (unpaired) electrons. The van der Waals surface area contributed by atoms with Gasteiger partial charge in [0.05, 0.1) is 24.9 Å². The molecular weight excluding hydrogens is 522 g/mol. The highest BCUT2D eigenvalue weighted by Gasteiger charge is 2.17. The van der Waals surface area contributed by atoms with Crippen LogP contribution in [0.3, 0.4) is 0 Å². The SMILES string of the molecule is CCCCCCCCCCCC/C=C/[C@@H](O)[C@H](CO)NC(=O)CCC/C=C\C/C=C\C/C=C\C/C=C\CCC[C@H](C)O. The molecule has 242 valence electrons. The zero-order chi connectivity index (χ0) is 30.9. The number of carbonyl (C=O) groups is 1. The maximum absolute atomic E-state index is 12.3. The molecule has 0 aliphatic rings. The first-order chi connectivity index (χ1) is 20.5. The Morgan fingerprint density at radius 1 is 0.643 bits per heavy atom.